The average molecular weight is 199 g/mol. The van der Waals surface area contributed by atoms with Gasteiger partial charge in [-0.15, -0.1) is 0 Å². The molecule has 0 N–H and O–H groups in total. The molecule has 15 heavy (non-hydrogen) atoms. The van der Waals surface area contributed by atoms with Crippen molar-refractivity contribution in [1.82, 2.24) is 0 Å². The lowest BCUT2D eigenvalue weighted by Crippen LogP contribution is -1.64. The molecule has 0 unspecified atom stereocenters. The van der Waals surface area contributed by atoms with Gasteiger partial charge >= 0.3 is 0 Å². The molecule has 1 aliphatic rings. The van der Waals surface area contributed by atoms with E-state index in [1.165, 1.54) is 6.26 Å². The van der Waals surface area contributed by atoms with E-state index in [0.717, 1.165) is 0 Å². The summed E-state index contributed by atoms with van der Waals surface area (Å²) in [6.45, 7) is 0. The van der Waals surface area contributed by atoms with Crippen molar-refractivity contribution in [3.05, 3.63) is 73.4 Å². The molecule has 1 aliphatic heterocycles. The van der Waals surface area contributed by atoms with Gasteiger partial charge in [-0.3, -0.25) is 4.99 Å². The third kappa shape index (κ3) is 7.02. The van der Waals surface area contributed by atoms with E-state index in [0.29, 0.717) is 0 Å². The molecule has 0 saturated carbocycles. The van der Waals surface area contributed by atoms with E-state index in [1.807, 2.05) is 48.6 Å². The summed E-state index contributed by atoms with van der Waals surface area (Å²) in [7, 11) is 0. The summed E-state index contributed by atoms with van der Waals surface area (Å²) in [5.74, 6) is 0. The van der Waals surface area contributed by atoms with Crippen LogP contribution in [0.4, 0.5) is 0 Å². The van der Waals surface area contributed by atoms with Crippen molar-refractivity contribution in [3.8, 4) is 0 Å². The number of ether oxygens (including phenoxy) is 1. The number of aliphatic imine (C=N–C) groups is 1. The first-order valence-corrected chi connectivity index (χ1v) is 4.65. The number of nitrogens with zero attached hydrogens (tertiary/aromatic N) is 1. The highest BCUT2D eigenvalue weighted by Crippen LogP contribution is 1.86. The Morgan fingerprint density at radius 3 is 1.93 bits per heavy atom. The molecular weight excluding hydrogens is 186 g/mol. The molecule has 0 fully saturated rings. The van der Waals surface area contributed by atoms with Gasteiger partial charge in [0, 0.05) is 6.21 Å². The second kappa shape index (κ2) is 8.51. The fraction of sp³-hybridized carbons (Fsp3) is 0. The van der Waals surface area contributed by atoms with Crippen LogP contribution in [0.1, 0.15) is 0 Å². The molecule has 0 spiro atoms. The Bertz CT molecular complexity index is 321. The van der Waals surface area contributed by atoms with Gasteiger partial charge in [0.1, 0.15) is 6.26 Å². The lowest BCUT2D eigenvalue weighted by atomic mass is 10.4. The van der Waals surface area contributed by atoms with Crippen molar-refractivity contribution >= 4 is 6.21 Å². The summed E-state index contributed by atoms with van der Waals surface area (Å²) >= 11 is 0. The topological polar surface area (TPSA) is 21.6 Å². The monoisotopic (exact) mass is 199 g/mol. The zero-order chi connectivity index (χ0) is 10.6. The van der Waals surface area contributed by atoms with Gasteiger partial charge in [-0.25, -0.2) is 0 Å². The quantitative estimate of drug-likeness (QED) is 0.586. The second-order valence-corrected chi connectivity index (χ2v) is 2.59. The van der Waals surface area contributed by atoms with Gasteiger partial charge in [-0.2, -0.15) is 0 Å². The van der Waals surface area contributed by atoms with E-state index in [9.17, 15) is 0 Å². The van der Waals surface area contributed by atoms with Gasteiger partial charge in [0.05, 0.1) is 12.5 Å². The molecule has 0 saturated heterocycles. The van der Waals surface area contributed by atoms with Crippen LogP contribution in [-0.2, 0) is 4.74 Å². The molecular formula is C13H13NO. The summed E-state index contributed by atoms with van der Waals surface area (Å²) in [6, 6.07) is 0. The minimum atomic E-state index is 1.51. The molecule has 76 valence electrons. The maximum atomic E-state index is 5.02. The summed E-state index contributed by atoms with van der Waals surface area (Å²) in [6.07, 6.45) is 23.5. The fourth-order valence-electron chi connectivity index (χ4n) is 0.804. The number of hydrogen-bond acceptors (Lipinski definition) is 2. The maximum Gasteiger partial charge on any atom is 0.108 e. The molecule has 0 aromatic heterocycles. The molecule has 2 heteroatoms. The first-order valence-electron chi connectivity index (χ1n) is 4.65. The third-order valence-electron chi connectivity index (χ3n) is 1.44. The van der Waals surface area contributed by atoms with Gasteiger partial charge in [-0.1, -0.05) is 42.5 Å². The van der Waals surface area contributed by atoms with Crippen molar-refractivity contribution in [2.24, 2.45) is 4.99 Å². The van der Waals surface area contributed by atoms with Crippen LogP contribution in [0.2, 0.25) is 0 Å². The first-order chi connectivity index (χ1) is 7.50. The van der Waals surface area contributed by atoms with Gasteiger partial charge in [0.25, 0.3) is 0 Å². The van der Waals surface area contributed by atoms with Crippen LogP contribution in [0.25, 0.3) is 0 Å². The van der Waals surface area contributed by atoms with Crippen molar-refractivity contribution < 1.29 is 4.74 Å². The lowest BCUT2D eigenvalue weighted by molar-refractivity contribution is 0.402. The van der Waals surface area contributed by atoms with E-state index >= 15 is 0 Å². The van der Waals surface area contributed by atoms with Crippen LogP contribution in [0.3, 0.4) is 0 Å². The molecule has 0 aliphatic carbocycles. The summed E-state index contributed by atoms with van der Waals surface area (Å²) in [4.78, 5) is 3.96. The molecule has 1 heterocycles. The highest BCUT2D eigenvalue weighted by Gasteiger charge is 1.68. The highest BCUT2D eigenvalue weighted by atomic mass is 16.5. The van der Waals surface area contributed by atoms with E-state index in [4.69, 9.17) is 4.74 Å². The average Bonchev–Trinajstić information content (AvgIpc) is 2.27. The van der Waals surface area contributed by atoms with Gasteiger partial charge in [0.2, 0.25) is 0 Å². The lowest BCUT2D eigenvalue weighted by Gasteiger charge is -1.84. The Morgan fingerprint density at radius 1 is 0.600 bits per heavy atom. The highest BCUT2D eigenvalue weighted by molar-refractivity contribution is 5.72. The molecule has 0 bridgehead atoms. The van der Waals surface area contributed by atoms with Crippen LogP contribution in [0.15, 0.2) is 78.4 Å². The molecule has 1 rings (SSSR count). The Labute approximate surface area is 90.0 Å². The van der Waals surface area contributed by atoms with Crippen LogP contribution >= 0.6 is 0 Å². The van der Waals surface area contributed by atoms with Crippen molar-refractivity contribution in [2.45, 2.75) is 0 Å². The minimum Gasteiger partial charge on any atom is -0.471 e. The van der Waals surface area contributed by atoms with Gasteiger partial charge in [0.15, 0.2) is 0 Å². The first kappa shape index (κ1) is 11.0. The molecule has 0 atom stereocenters. The molecule has 0 aromatic rings. The Balaban J connectivity index is 2.62. The smallest absolute Gasteiger partial charge is 0.108 e. The largest absolute Gasteiger partial charge is 0.471 e. The Kier molecular flexibility index (Phi) is 6.23. The fourth-order valence-corrected chi connectivity index (χ4v) is 0.804. The van der Waals surface area contributed by atoms with Crippen molar-refractivity contribution in [3.63, 3.8) is 0 Å². The summed E-state index contributed by atoms with van der Waals surface area (Å²) in [5, 5.41) is 0. The van der Waals surface area contributed by atoms with Crippen LogP contribution in [0, 0.1) is 0 Å². The zero-order valence-electron chi connectivity index (χ0n) is 8.36. The van der Waals surface area contributed by atoms with E-state index in [2.05, 4.69) is 4.99 Å². The summed E-state index contributed by atoms with van der Waals surface area (Å²) < 4.78 is 5.02. The number of hydrogen-bond donors (Lipinski definition) is 0. The summed E-state index contributed by atoms with van der Waals surface area (Å²) in [5.41, 5.74) is 0. The molecule has 0 aromatic carbocycles. The van der Waals surface area contributed by atoms with Crippen LogP contribution < -0.4 is 0 Å². The van der Waals surface area contributed by atoms with Gasteiger partial charge in [-0.05, 0) is 12.2 Å². The zero-order valence-corrected chi connectivity index (χ0v) is 8.36. The normalized spacial score (nSPS) is 18.1. The Hall–Kier alpha value is -2.09. The second-order valence-electron chi connectivity index (χ2n) is 2.59. The standard InChI is InChI=1S/C13H13NO/c1-2-4-6-8-10-14-11-13-15-12-9-7-5-3-1/h1-13H/b3-1?,4-2?,7-5?,8-6?,12-9?,13-11-,14-10?. The third-order valence-corrected chi connectivity index (χ3v) is 1.44. The molecule has 0 amide bonds. The van der Waals surface area contributed by atoms with E-state index in [1.54, 1.807) is 24.8 Å². The SMILES string of the molecule is C1=CC=CC=CO/C=C\N=CC=CC=C1. The van der Waals surface area contributed by atoms with Gasteiger partial charge < -0.3 is 4.74 Å². The van der Waals surface area contributed by atoms with E-state index in [-0.39, 0.29) is 0 Å². The Morgan fingerprint density at radius 2 is 1.20 bits per heavy atom. The van der Waals surface area contributed by atoms with Crippen LogP contribution in [-0.4, -0.2) is 6.21 Å². The number of rotatable bonds is 0. The molecule has 0 radical (unpaired) electrons. The van der Waals surface area contributed by atoms with E-state index < -0.39 is 0 Å². The van der Waals surface area contributed by atoms with Crippen LogP contribution in [0.5, 0.6) is 0 Å². The van der Waals surface area contributed by atoms with Crippen molar-refractivity contribution in [1.29, 1.82) is 0 Å². The molecule has 2 nitrogen and oxygen atoms in total. The maximum absolute atomic E-state index is 5.02. The minimum absolute atomic E-state index is 1.51. The predicted molar refractivity (Wildman–Crippen MR) is 64.4 cm³/mol. The number of allylic oxidation sites excluding steroid dienone is 9. The predicted octanol–water partition coefficient (Wildman–Crippen LogP) is 3.30. The van der Waals surface area contributed by atoms with Crippen molar-refractivity contribution in [2.75, 3.05) is 0 Å².